The van der Waals surface area contributed by atoms with Crippen molar-refractivity contribution in [1.29, 1.82) is 0 Å². The number of methoxy groups -OCH3 is 1. The first kappa shape index (κ1) is 25.1. The molecule has 1 fully saturated rings. The second kappa shape index (κ2) is 10.9. The zero-order chi connectivity index (χ0) is 27.5. The molecule has 0 atom stereocenters. The van der Waals surface area contributed by atoms with Gasteiger partial charge in [0.2, 0.25) is 0 Å². The predicted molar refractivity (Wildman–Crippen MR) is 148 cm³/mol. The van der Waals surface area contributed by atoms with Crippen LogP contribution in [-0.2, 0) is 4.79 Å². The van der Waals surface area contributed by atoms with Gasteiger partial charge in [-0.3, -0.25) is 29.5 Å². The van der Waals surface area contributed by atoms with Crippen LogP contribution in [0.25, 0.3) is 27.9 Å². The number of nitrogens with one attached hydrogen (secondary N) is 1. The van der Waals surface area contributed by atoms with Crippen LogP contribution in [0, 0.1) is 0 Å². The molecule has 0 aliphatic carbocycles. The van der Waals surface area contributed by atoms with E-state index in [-0.39, 0.29) is 5.56 Å². The van der Waals surface area contributed by atoms with Crippen molar-refractivity contribution in [3.8, 4) is 17.1 Å². The highest BCUT2D eigenvalue weighted by atomic mass is 16.5. The van der Waals surface area contributed by atoms with E-state index in [1.165, 1.54) is 25.1 Å². The van der Waals surface area contributed by atoms with E-state index in [0.717, 1.165) is 16.8 Å². The summed E-state index contributed by atoms with van der Waals surface area (Å²) in [5.74, 6) is -0.772. The second-order valence-electron chi connectivity index (χ2n) is 9.27. The summed E-state index contributed by atoms with van der Waals surface area (Å²) in [6, 6.07) is 10.1. The number of Topliss-reactive ketones (excluding diaryl/α,β-unsaturated/α-hetero) is 1. The molecular weight excluding hydrogens is 506 g/mol. The molecule has 5 aromatic rings. The molecule has 1 amide bonds. The molecule has 0 unspecified atom stereocenters. The second-order valence-corrected chi connectivity index (χ2v) is 9.27. The molecule has 4 aromatic heterocycles. The van der Waals surface area contributed by atoms with E-state index in [2.05, 4.69) is 29.9 Å². The number of ether oxygens (including phenoxy) is 1. The van der Waals surface area contributed by atoms with Crippen molar-refractivity contribution in [1.82, 2.24) is 34.8 Å². The van der Waals surface area contributed by atoms with Crippen molar-refractivity contribution in [3.63, 3.8) is 0 Å². The molecule has 1 aliphatic rings. The highest BCUT2D eigenvalue weighted by Crippen LogP contribution is 2.35. The molecule has 0 bridgehead atoms. The number of pyridine rings is 1. The summed E-state index contributed by atoms with van der Waals surface area (Å²) < 4.78 is 5.50. The molecule has 40 heavy (non-hydrogen) atoms. The van der Waals surface area contributed by atoms with Gasteiger partial charge < -0.3 is 14.6 Å². The standard InChI is InChI=1S/C30H25N7O3/c1-40-24-18-36-27(23-17-32-10-12-34-23)28-26(24)21(15-35-28)29(38)30(39)37-13-7-20(8-14-37)25(19-5-3-2-4-6-19)22-16-31-9-11-33-22/h2-6,9-12,15-18,35H,7-8,13-14H2,1H3. The van der Waals surface area contributed by atoms with Gasteiger partial charge in [-0.2, -0.15) is 0 Å². The van der Waals surface area contributed by atoms with Gasteiger partial charge >= 0.3 is 0 Å². The van der Waals surface area contributed by atoms with Crippen LogP contribution >= 0.6 is 0 Å². The van der Waals surface area contributed by atoms with Gasteiger partial charge in [-0.15, -0.1) is 0 Å². The lowest BCUT2D eigenvalue weighted by molar-refractivity contribution is -0.126. The quantitative estimate of drug-likeness (QED) is 0.256. The molecule has 1 aliphatic heterocycles. The molecule has 0 radical (unpaired) electrons. The number of benzene rings is 1. The number of hydrogen-bond acceptors (Lipinski definition) is 8. The third-order valence-corrected chi connectivity index (χ3v) is 7.03. The van der Waals surface area contributed by atoms with Crippen LogP contribution in [-0.4, -0.2) is 66.7 Å². The Labute approximate surface area is 229 Å². The SMILES string of the molecule is COc1cnc(-c2cnccn2)c2[nH]cc(C(=O)C(=O)N3CCC(=C(c4ccccc4)c4cnccn4)CC3)c12. The number of piperidine rings is 1. The van der Waals surface area contributed by atoms with Crippen molar-refractivity contribution in [2.75, 3.05) is 20.2 Å². The van der Waals surface area contributed by atoms with E-state index >= 15 is 0 Å². The van der Waals surface area contributed by atoms with Crippen molar-refractivity contribution < 1.29 is 14.3 Å². The largest absolute Gasteiger partial charge is 0.494 e. The molecule has 1 aromatic carbocycles. The maximum Gasteiger partial charge on any atom is 0.295 e. The van der Waals surface area contributed by atoms with E-state index in [4.69, 9.17) is 4.74 Å². The molecule has 0 spiro atoms. The van der Waals surface area contributed by atoms with E-state index in [0.29, 0.717) is 54.0 Å². The number of H-pyrrole nitrogens is 1. The first-order chi connectivity index (χ1) is 19.7. The fourth-order valence-electron chi connectivity index (χ4n) is 5.12. The first-order valence-corrected chi connectivity index (χ1v) is 12.8. The monoisotopic (exact) mass is 531 g/mol. The number of aromatic nitrogens is 6. The molecule has 10 heteroatoms. The zero-order valence-corrected chi connectivity index (χ0v) is 21.7. The molecular formula is C30H25N7O3. The lowest BCUT2D eigenvalue weighted by Crippen LogP contribution is -2.40. The normalized spacial score (nSPS) is 13.3. The van der Waals surface area contributed by atoms with Crippen LogP contribution in [0.5, 0.6) is 5.75 Å². The molecule has 1 N–H and O–H groups in total. The van der Waals surface area contributed by atoms with Gasteiger partial charge in [0.05, 0.1) is 47.9 Å². The Morgan fingerprint density at radius 3 is 2.33 bits per heavy atom. The van der Waals surface area contributed by atoms with Crippen molar-refractivity contribution in [3.05, 3.63) is 102 Å². The van der Waals surface area contributed by atoms with Gasteiger partial charge in [-0.05, 0) is 18.4 Å². The highest BCUT2D eigenvalue weighted by Gasteiger charge is 2.30. The van der Waals surface area contributed by atoms with Crippen molar-refractivity contribution >= 4 is 28.2 Å². The maximum absolute atomic E-state index is 13.5. The van der Waals surface area contributed by atoms with Gasteiger partial charge in [0.1, 0.15) is 17.1 Å². The molecule has 10 nitrogen and oxygen atoms in total. The van der Waals surface area contributed by atoms with Crippen LogP contribution in [0.3, 0.4) is 0 Å². The number of ketones is 1. The molecule has 1 saturated heterocycles. The third-order valence-electron chi connectivity index (χ3n) is 7.03. The number of nitrogens with zero attached hydrogens (tertiary/aromatic N) is 6. The Bertz CT molecular complexity index is 1670. The highest BCUT2D eigenvalue weighted by molar-refractivity contribution is 6.45. The van der Waals surface area contributed by atoms with Gasteiger partial charge in [0.15, 0.2) is 0 Å². The minimum absolute atomic E-state index is 0.232. The van der Waals surface area contributed by atoms with Gasteiger partial charge in [0.25, 0.3) is 11.7 Å². The summed E-state index contributed by atoms with van der Waals surface area (Å²) in [7, 11) is 1.50. The van der Waals surface area contributed by atoms with Crippen LogP contribution in [0.15, 0.2) is 85.5 Å². The van der Waals surface area contributed by atoms with E-state index in [1.807, 2.05) is 30.3 Å². The average Bonchev–Trinajstić information content (AvgIpc) is 3.47. The van der Waals surface area contributed by atoms with Gasteiger partial charge in [-0.25, -0.2) is 4.98 Å². The number of amides is 1. The van der Waals surface area contributed by atoms with E-state index in [1.54, 1.807) is 42.1 Å². The third kappa shape index (κ3) is 4.60. The number of fused-ring (bicyclic) bond motifs is 1. The number of carbonyl (C=O) groups is 2. The Morgan fingerprint density at radius 1 is 0.900 bits per heavy atom. The summed E-state index contributed by atoms with van der Waals surface area (Å²) in [5, 5.41) is 0.489. The summed E-state index contributed by atoms with van der Waals surface area (Å²) >= 11 is 0. The van der Waals surface area contributed by atoms with E-state index < -0.39 is 11.7 Å². The molecule has 6 rings (SSSR count). The number of likely N-dealkylation sites (tertiary alicyclic amines) is 1. The summed E-state index contributed by atoms with van der Waals surface area (Å²) in [6.45, 7) is 0.838. The van der Waals surface area contributed by atoms with Gasteiger partial charge in [0, 0.05) is 49.6 Å². The average molecular weight is 532 g/mol. The minimum atomic E-state index is -0.606. The fraction of sp³-hybridized carbons (Fsp3) is 0.167. The lowest BCUT2D eigenvalue weighted by Gasteiger charge is -2.29. The number of carbonyl (C=O) groups excluding carboxylic acids is 2. The molecule has 5 heterocycles. The van der Waals surface area contributed by atoms with Crippen molar-refractivity contribution in [2.45, 2.75) is 12.8 Å². The fourth-order valence-corrected chi connectivity index (χ4v) is 5.12. The van der Waals surface area contributed by atoms with Gasteiger partial charge in [-0.1, -0.05) is 35.9 Å². The molecule has 198 valence electrons. The topological polar surface area (TPSA) is 127 Å². The Morgan fingerprint density at radius 2 is 1.65 bits per heavy atom. The van der Waals surface area contributed by atoms with Crippen LogP contribution in [0.4, 0.5) is 0 Å². The first-order valence-electron chi connectivity index (χ1n) is 12.8. The number of hydrogen-bond donors (Lipinski definition) is 1. The Hall–Kier alpha value is -5.25. The summed E-state index contributed by atoms with van der Waals surface area (Å²) in [4.78, 5) is 53.4. The smallest absolute Gasteiger partial charge is 0.295 e. The predicted octanol–water partition coefficient (Wildman–Crippen LogP) is 4.13. The van der Waals surface area contributed by atoms with Crippen LogP contribution < -0.4 is 4.74 Å². The van der Waals surface area contributed by atoms with E-state index in [9.17, 15) is 9.59 Å². The van der Waals surface area contributed by atoms with Crippen LogP contribution in [0.1, 0.15) is 34.5 Å². The summed E-state index contributed by atoms with van der Waals surface area (Å²) in [6.07, 6.45) is 14.1. The van der Waals surface area contributed by atoms with Crippen molar-refractivity contribution in [2.24, 2.45) is 0 Å². The van der Waals surface area contributed by atoms with Crippen LogP contribution in [0.2, 0.25) is 0 Å². The zero-order valence-electron chi connectivity index (χ0n) is 21.7. The molecule has 0 saturated carbocycles. The number of aromatic amines is 1. The number of rotatable bonds is 6. The maximum atomic E-state index is 13.5. The minimum Gasteiger partial charge on any atom is -0.494 e. The summed E-state index contributed by atoms with van der Waals surface area (Å²) in [5.41, 5.74) is 5.88. The Balaban J connectivity index is 1.28. The Kier molecular flexibility index (Phi) is 6.80. The lowest BCUT2D eigenvalue weighted by atomic mass is 9.91.